The van der Waals surface area contributed by atoms with E-state index in [2.05, 4.69) is 10.3 Å². The second-order valence-corrected chi connectivity index (χ2v) is 6.05. The van der Waals surface area contributed by atoms with E-state index in [0.717, 1.165) is 5.56 Å². The van der Waals surface area contributed by atoms with E-state index in [1.165, 1.54) is 11.1 Å². The summed E-state index contributed by atoms with van der Waals surface area (Å²) < 4.78 is 0. The van der Waals surface area contributed by atoms with Crippen molar-refractivity contribution in [1.29, 1.82) is 0 Å². The van der Waals surface area contributed by atoms with Crippen LogP contribution in [0.3, 0.4) is 0 Å². The molecule has 0 saturated carbocycles. The van der Waals surface area contributed by atoms with E-state index in [1.807, 2.05) is 13.0 Å². The summed E-state index contributed by atoms with van der Waals surface area (Å²) >= 11 is 0. The van der Waals surface area contributed by atoms with Crippen LogP contribution in [0.25, 0.3) is 11.1 Å². The first-order chi connectivity index (χ1) is 12.3. The van der Waals surface area contributed by atoms with Gasteiger partial charge in [-0.2, -0.15) is 0 Å². The zero-order valence-electron chi connectivity index (χ0n) is 15.0. The Morgan fingerprint density at radius 3 is 2.50 bits per heavy atom. The Balaban J connectivity index is 2.25. The minimum absolute atomic E-state index is 0.125. The predicted octanol–water partition coefficient (Wildman–Crippen LogP) is 1.44. The van der Waals surface area contributed by atoms with Crippen LogP contribution < -0.4 is 11.1 Å². The second-order valence-electron chi connectivity index (χ2n) is 6.05. The molecular formula is C19H22N4O3. The number of hydrogen-bond acceptors (Lipinski definition) is 4. The van der Waals surface area contributed by atoms with Crippen molar-refractivity contribution < 1.29 is 14.4 Å². The number of hydrogen-bond donors (Lipinski definition) is 2. The molecule has 1 aromatic heterocycles. The summed E-state index contributed by atoms with van der Waals surface area (Å²) in [6.07, 6.45) is 3.23. The molecule has 0 spiro atoms. The standard InChI is InChI=1S/C19H22N4O3/c1-12(7-17(24)21-2)23(3)19(26)14-6-4-5-13(8-14)15-9-16(18(20)25)11-22-10-15/h4-6,8-12H,7H2,1-3H3,(H2,20,25)(H,21,24). The highest BCUT2D eigenvalue weighted by Gasteiger charge is 2.20. The smallest absolute Gasteiger partial charge is 0.253 e. The van der Waals surface area contributed by atoms with E-state index in [0.29, 0.717) is 16.7 Å². The maximum absolute atomic E-state index is 12.7. The van der Waals surface area contributed by atoms with Crippen molar-refractivity contribution in [3.05, 3.63) is 53.9 Å². The molecule has 2 rings (SSSR count). The summed E-state index contributed by atoms with van der Waals surface area (Å²) in [5, 5.41) is 2.55. The van der Waals surface area contributed by atoms with E-state index in [9.17, 15) is 14.4 Å². The molecule has 1 unspecified atom stereocenters. The van der Waals surface area contributed by atoms with Crippen LogP contribution in [0.5, 0.6) is 0 Å². The number of rotatable bonds is 6. The second kappa shape index (κ2) is 8.24. The number of carbonyl (C=O) groups is 3. The Labute approximate surface area is 152 Å². The summed E-state index contributed by atoms with van der Waals surface area (Å²) in [4.78, 5) is 41.1. The van der Waals surface area contributed by atoms with Gasteiger partial charge in [-0.25, -0.2) is 0 Å². The van der Waals surface area contributed by atoms with E-state index in [1.54, 1.807) is 44.6 Å². The third kappa shape index (κ3) is 4.44. The molecular weight excluding hydrogens is 332 g/mol. The highest BCUT2D eigenvalue weighted by Crippen LogP contribution is 2.21. The maximum Gasteiger partial charge on any atom is 0.253 e. The van der Waals surface area contributed by atoms with Gasteiger partial charge in [0, 0.05) is 50.1 Å². The Kier molecular flexibility index (Phi) is 6.06. The molecule has 3 amide bonds. The lowest BCUT2D eigenvalue weighted by Gasteiger charge is -2.24. The fourth-order valence-electron chi connectivity index (χ4n) is 2.48. The highest BCUT2D eigenvalue weighted by atomic mass is 16.2. The quantitative estimate of drug-likeness (QED) is 0.819. The third-order valence-corrected chi connectivity index (χ3v) is 4.21. The van der Waals surface area contributed by atoms with E-state index in [-0.39, 0.29) is 24.3 Å². The molecule has 136 valence electrons. The highest BCUT2D eigenvalue weighted by molar-refractivity contribution is 5.96. The first kappa shape index (κ1) is 19.1. The summed E-state index contributed by atoms with van der Waals surface area (Å²) in [7, 11) is 3.23. The summed E-state index contributed by atoms with van der Waals surface area (Å²) in [5.74, 6) is -0.878. The van der Waals surface area contributed by atoms with Gasteiger partial charge < -0.3 is 16.0 Å². The fourth-order valence-corrected chi connectivity index (χ4v) is 2.48. The van der Waals surface area contributed by atoms with Gasteiger partial charge in [0.15, 0.2) is 0 Å². The molecule has 0 aliphatic heterocycles. The van der Waals surface area contributed by atoms with Gasteiger partial charge in [0.25, 0.3) is 5.91 Å². The monoisotopic (exact) mass is 354 g/mol. The fraction of sp³-hybridized carbons (Fsp3) is 0.263. The number of nitrogens with zero attached hydrogens (tertiary/aromatic N) is 2. The van der Waals surface area contributed by atoms with Crippen LogP contribution in [0, 0.1) is 0 Å². The Morgan fingerprint density at radius 2 is 1.85 bits per heavy atom. The van der Waals surface area contributed by atoms with Gasteiger partial charge in [0.2, 0.25) is 11.8 Å². The molecule has 7 nitrogen and oxygen atoms in total. The lowest BCUT2D eigenvalue weighted by molar-refractivity contribution is -0.121. The zero-order chi connectivity index (χ0) is 19.3. The first-order valence-corrected chi connectivity index (χ1v) is 8.16. The van der Waals surface area contributed by atoms with E-state index in [4.69, 9.17) is 5.73 Å². The van der Waals surface area contributed by atoms with Gasteiger partial charge in [-0.05, 0) is 30.7 Å². The van der Waals surface area contributed by atoms with Gasteiger partial charge in [-0.1, -0.05) is 12.1 Å². The predicted molar refractivity (Wildman–Crippen MR) is 98.4 cm³/mol. The molecule has 26 heavy (non-hydrogen) atoms. The number of carbonyl (C=O) groups excluding carboxylic acids is 3. The Bertz CT molecular complexity index is 835. The molecule has 1 atom stereocenters. The Morgan fingerprint density at radius 1 is 1.15 bits per heavy atom. The van der Waals surface area contributed by atoms with Crippen molar-refractivity contribution >= 4 is 17.7 Å². The number of primary amides is 1. The SMILES string of the molecule is CNC(=O)CC(C)N(C)C(=O)c1cccc(-c2cncc(C(N)=O)c2)c1. The van der Waals surface area contributed by atoms with Gasteiger partial charge in [0.1, 0.15) is 0 Å². The van der Waals surface area contributed by atoms with Crippen molar-refractivity contribution in [2.75, 3.05) is 14.1 Å². The largest absolute Gasteiger partial charge is 0.366 e. The number of nitrogens with one attached hydrogen (secondary N) is 1. The average molecular weight is 354 g/mol. The number of amides is 3. The van der Waals surface area contributed by atoms with Gasteiger partial charge in [-0.3, -0.25) is 19.4 Å². The summed E-state index contributed by atoms with van der Waals surface area (Å²) in [5.41, 5.74) is 7.52. The van der Waals surface area contributed by atoms with Crippen molar-refractivity contribution in [3.8, 4) is 11.1 Å². The molecule has 1 heterocycles. The molecule has 1 aromatic carbocycles. The van der Waals surface area contributed by atoms with Crippen molar-refractivity contribution in [2.45, 2.75) is 19.4 Å². The van der Waals surface area contributed by atoms with Crippen LogP contribution in [0.4, 0.5) is 0 Å². The van der Waals surface area contributed by atoms with Gasteiger partial charge in [0.05, 0.1) is 5.56 Å². The molecule has 3 N–H and O–H groups in total. The molecule has 0 aliphatic rings. The van der Waals surface area contributed by atoms with Crippen LogP contribution in [0.2, 0.25) is 0 Å². The molecule has 0 radical (unpaired) electrons. The molecule has 7 heteroatoms. The summed E-state index contributed by atoms with van der Waals surface area (Å²) in [6.45, 7) is 1.82. The number of nitrogens with two attached hydrogens (primary N) is 1. The van der Waals surface area contributed by atoms with Crippen LogP contribution in [0.15, 0.2) is 42.7 Å². The molecule has 0 bridgehead atoms. The van der Waals surface area contributed by atoms with E-state index >= 15 is 0 Å². The van der Waals surface area contributed by atoms with Crippen LogP contribution in [-0.4, -0.2) is 47.7 Å². The zero-order valence-corrected chi connectivity index (χ0v) is 15.0. The lowest BCUT2D eigenvalue weighted by Crippen LogP contribution is -2.38. The first-order valence-electron chi connectivity index (χ1n) is 8.16. The van der Waals surface area contributed by atoms with Crippen molar-refractivity contribution in [3.63, 3.8) is 0 Å². The van der Waals surface area contributed by atoms with Crippen molar-refractivity contribution in [1.82, 2.24) is 15.2 Å². The lowest BCUT2D eigenvalue weighted by atomic mass is 10.0. The van der Waals surface area contributed by atoms with Gasteiger partial charge >= 0.3 is 0 Å². The minimum Gasteiger partial charge on any atom is -0.366 e. The van der Waals surface area contributed by atoms with Crippen molar-refractivity contribution in [2.24, 2.45) is 5.73 Å². The number of benzene rings is 1. The van der Waals surface area contributed by atoms with Crippen LogP contribution >= 0.6 is 0 Å². The maximum atomic E-state index is 12.7. The number of pyridine rings is 1. The van der Waals surface area contributed by atoms with E-state index < -0.39 is 5.91 Å². The van der Waals surface area contributed by atoms with Crippen LogP contribution in [-0.2, 0) is 4.79 Å². The normalized spacial score (nSPS) is 11.5. The summed E-state index contributed by atoms with van der Waals surface area (Å²) in [6, 6.07) is 8.42. The number of aromatic nitrogens is 1. The molecule has 0 fully saturated rings. The molecule has 0 aliphatic carbocycles. The van der Waals surface area contributed by atoms with Gasteiger partial charge in [-0.15, -0.1) is 0 Å². The molecule has 0 saturated heterocycles. The topological polar surface area (TPSA) is 105 Å². The average Bonchev–Trinajstić information content (AvgIpc) is 2.66. The minimum atomic E-state index is -0.561. The van der Waals surface area contributed by atoms with Crippen LogP contribution in [0.1, 0.15) is 34.1 Å². The Hall–Kier alpha value is -3.22. The molecule has 2 aromatic rings. The third-order valence-electron chi connectivity index (χ3n) is 4.21.